The van der Waals surface area contributed by atoms with Crippen LogP contribution in [0.3, 0.4) is 0 Å². The molecule has 1 aliphatic carbocycles. The molecule has 1 saturated carbocycles. The fourth-order valence-corrected chi connectivity index (χ4v) is 6.04. The summed E-state index contributed by atoms with van der Waals surface area (Å²) in [7, 11) is 1.38. The Morgan fingerprint density at radius 2 is 1.58 bits per heavy atom. The van der Waals surface area contributed by atoms with Crippen LogP contribution in [0, 0.1) is 22.2 Å². The van der Waals surface area contributed by atoms with Crippen molar-refractivity contribution < 1.29 is 28.8 Å². The van der Waals surface area contributed by atoms with Crippen LogP contribution in [0.25, 0.3) is 0 Å². The fraction of sp³-hybridized carbons (Fsp3) is 0.812. The minimum absolute atomic E-state index is 0.0436. The summed E-state index contributed by atoms with van der Waals surface area (Å²) < 4.78 is 0. The Morgan fingerprint density at radius 1 is 0.933 bits per heavy atom. The van der Waals surface area contributed by atoms with E-state index in [4.69, 9.17) is 0 Å². The smallest absolute Gasteiger partial charge is 0.315 e. The number of nitrogens with zero attached hydrogens (tertiary/aromatic N) is 2. The molecule has 12 nitrogen and oxygen atoms in total. The number of carbonyl (C=O) groups excluding carboxylic acids is 6. The summed E-state index contributed by atoms with van der Waals surface area (Å²) in [5.74, 6) is -1.95. The van der Waals surface area contributed by atoms with Crippen molar-refractivity contribution >= 4 is 43.4 Å². The Morgan fingerprint density at radius 3 is 2.11 bits per heavy atom. The van der Waals surface area contributed by atoms with Gasteiger partial charge in [0.1, 0.15) is 12.1 Å². The summed E-state index contributed by atoms with van der Waals surface area (Å²) >= 11 is 0. The van der Waals surface area contributed by atoms with Gasteiger partial charge in [0.15, 0.2) is 0 Å². The zero-order chi connectivity index (χ0) is 33.9. The Labute approximate surface area is 269 Å². The Balaban J connectivity index is 1.71. The number of hydrogen-bond acceptors (Lipinski definition) is 6. The predicted octanol–water partition coefficient (Wildman–Crippen LogP) is 1.27. The van der Waals surface area contributed by atoms with E-state index in [1.54, 1.807) is 0 Å². The van der Waals surface area contributed by atoms with Crippen LogP contribution in [0.2, 0.25) is 0 Å². The summed E-state index contributed by atoms with van der Waals surface area (Å²) in [4.78, 5) is 82.0. The zero-order valence-corrected chi connectivity index (χ0v) is 28.8. The third-order valence-corrected chi connectivity index (χ3v) is 9.37. The second-order valence-electron chi connectivity index (χ2n) is 16.1. The average molecular weight is 631 g/mol. The van der Waals surface area contributed by atoms with Gasteiger partial charge in [-0.05, 0) is 47.8 Å². The Hall–Kier alpha value is -3.12. The first-order valence-corrected chi connectivity index (χ1v) is 16.4. The van der Waals surface area contributed by atoms with E-state index in [1.807, 2.05) is 46.4 Å². The number of rotatable bonds is 11. The van der Waals surface area contributed by atoms with E-state index in [0.29, 0.717) is 45.3 Å². The molecule has 3 fully saturated rings. The first kappa shape index (κ1) is 36.4. The van der Waals surface area contributed by atoms with Gasteiger partial charge in [0, 0.05) is 26.1 Å². The van der Waals surface area contributed by atoms with Gasteiger partial charge in [-0.3, -0.25) is 24.0 Å². The van der Waals surface area contributed by atoms with Gasteiger partial charge in [-0.25, -0.2) is 4.79 Å². The number of carbonyl (C=O) groups is 6. The number of likely N-dealkylation sites (tertiary alicyclic amines) is 2. The molecule has 0 aromatic rings. The van der Waals surface area contributed by atoms with Crippen molar-refractivity contribution in [3.8, 4) is 0 Å². The number of nitrogens with one attached hydrogen (secondary N) is 4. The van der Waals surface area contributed by atoms with Gasteiger partial charge in [-0.2, -0.15) is 0 Å². The lowest BCUT2D eigenvalue weighted by molar-refractivity contribution is -0.143. The van der Waals surface area contributed by atoms with E-state index >= 15 is 0 Å². The summed E-state index contributed by atoms with van der Waals surface area (Å²) in [6.45, 7) is 17.1. The van der Waals surface area contributed by atoms with Crippen LogP contribution >= 0.6 is 0 Å². The average Bonchev–Trinajstić information content (AvgIpc) is 3.60. The van der Waals surface area contributed by atoms with E-state index in [0.717, 1.165) is 19.3 Å². The molecule has 252 valence electrons. The van der Waals surface area contributed by atoms with Crippen molar-refractivity contribution in [3.05, 3.63) is 0 Å². The third-order valence-electron chi connectivity index (χ3n) is 9.37. The van der Waals surface area contributed by atoms with Crippen LogP contribution in [0.4, 0.5) is 4.79 Å². The zero-order valence-electron chi connectivity index (χ0n) is 28.8. The van der Waals surface area contributed by atoms with Gasteiger partial charge in [0.2, 0.25) is 31.5 Å². The molecule has 2 heterocycles. The minimum Gasteiger partial charge on any atom is -0.400 e. The number of ketones is 1. The molecule has 3 rings (SSSR count). The normalized spacial score (nSPS) is 22.2. The Kier molecular flexibility index (Phi) is 11.4. The Bertz CT molecular complexity index is 1160. The highest BCUT2D eigenvalue weighted by Crippen LogP contribution is 2.34. The monoisotopic (exact) mass is 630 g/mol. The van der Waals surface area contributed by atoms with Crippen molar-refractivity contribution in [3.63, 3.8) is 0 Å². The quantitative estimate of drug-likeness (QED) is 0.199. The topological polar surface area (TPSA) is 157 Å². The molecule has 4 N–H and O–H groups in total. The molecule has 0 aromatic heterocycles. The van der Waals surface area contributed by atoms with Gasteiger partial charge in [-0.15, -0.1) is 0 Å². The lowest BCUT2D eigenvalue weighted by Crippen LogP contribution is -2.62. The van der Waals surface area contributed by atoms with E-state index in [9.17, 15) is 28.8 Å². The SMILES string of the molecule is BNC(=O)C(=O)C(CC1CC1)NC(=O)[C@@H]1CCCN1C(=O)[C@@H](NC(=O)N[C@H](CN1CCC(C)(C)CC1=O)C(C)(C)C)C(C)(C)C. The van der Waals surface area contributed by atoms with Crippen molar-refractivity contribution in [2.75, 3.05) is 19.6 Å². The molecule has 0 radical (unpaired) electrons. The van der Waals surface area contributed by atoms with Gasteiger partial charge >= 0.3 is 6.03 Å². The van der Waals surface area contributed by atoms with E-state index in [1.165, 1.54) is 12.9 Å². The van der Waals surface area contributed by atoms with Gasteiger partial charge < -0.3 is 31.0 Å². The molecule has 2 saturated heterocycles. The van der Waals surface area contributed by atoms with E-state index in [2.05, 4.69) is 35.0 Å². The number of Topliss-reactive ketones (excluding diaryl/α,β-unsaturated/α-hetero) is 1. The van der Waals surface area contributed by atoms with E-state index < -0.39 is 47.2 Å². The molecule has 6 amide bonds. The molecule has 1 unspecified atom stereocenters. The largest absolute Gasteiger partial charge is 0.400 e. The molecule has 4 atom stereocenters. The molecule has 0 bridgehead atoms. The molecule has 13 heteroatoms. The first-order chi connectivity index (χ1) is 20.7. The van der Waals surface area contributed by atoms with Crippen LogP contribution < -0.4 is 21.2 Å². The van der Waals surface area contributed by atoms with Crippen molar-refractivity contribution in [1.29, 1.82) is 0 Å². The molecule has 0 spiro atoms. The minimum atomic E-state index is -0.947. The van der Waals surface area contributed by atoms with Crippen LogP contribution in [0.5, 0.6) is 0 Å². The third kappa shape index (κ3) is 9.93. The van der Waals surface area contributed by atoms with Crippen LogP contribution in [-0.2, 0) is 24.0 Å². The summed E-state index contributed by atoms with van der Waals surface area (Å²) in [5, 5.41) is 11.0. The van der Waals surface area contributed by atoms with Crippen molar-refractivity contribution in [1.82, 2.24) is 31.0 Å². The lowest BCUT2D eigenvalue weighted by Gasteiger charge is -2.41. The molecule has 2 aliphatic heterocycles. The lowest BCUT2D eigenvalue weighted by atomic mass is 9.81. The van der Waals surface area contributed by atoms with Crippen LogP contribution in [0.15, 0.2) is 0 Å². The molecule has 3 aliphatic rings. The fourth-order valence-electron chi connectivity index (χ4n) is 6.04. The number of amides is 6. The van der Waals surface area contributed by atoms with E-state index in [-0.39, 0.29) is 34.6 Å². The maximum Gasteiger partial charge on any atom is 0.315 e. The predicted molar refractivity (Wildman–Crippen MR) is 173 cm³/mol. The van der Waals surface area contributed by atoms with Gasteiger partial charge in [-0.1, -0.05) is 68.2 Å². The maximum atomic E-state index is 14.0. The highest BCUT2D eigenvalue weighted by molar-refractivity contribution is 6.43. The summed E-state index contributed by atoms with van der Waals surface area (Å²) in [6.07, 6.45) is 4.64. The van der Waals surface area contributed by atoms with Gasteiger partial charge in [0.25, 0.3) is 5.91 Å². The van der Waals surface area contributed by atoms with Crippen molar-refractivity contribution in [2.45, 2.75) is 125 Å². The number of urea groups is 1. The second kappa shape index (κ2) is 14.1. The molecule has 45 heavy (non-hydrogen) atoms. The first-order valence-electron chi connectivity index (χ1n) is 16.4. The van der Waals surface area contributed by atoms with Crippen LogP contribution in [-0.4, -0.2) is 97.0 Å². The van der Waals surface area contributed by atoms with Crippen LogP contribution in [0.1, 0.15) is 100 Å². The number of hydrogen-bond donors (Lipinski definition) is 4. The summed E-state index contributed by atoms with van der Waals surface area (Å²) in [6, 6.07) is -3.60. The highest BCUT2D eigenvalue weighted by atomic mass is 16.2. The van der Waals surface area contributed by atoms with Crippen molar-refractivity contribution in [2.24, 2.45) is 22.2 Å². The standard InChI is InChI=1S/C32H55BN6O6/c1-30(2,3)22(18-38-15-13-32(7,8)17-23(38)40)35-29(45)36-25(31(4,5)6)28(44)39-14-9-10-21(39)26(42)34-20(16-19-11-12-19)24(41)27(43)37-33/h19-22,25H,9-18,33H2,1-8H3,(H,34,42)(H,37,43)(H2,35,36,45)/t20?,21-,22+,25+/m0/s1. The highest BCUT2D eigenvalue weighted by Gasteiger charge is 2.44. The summed E-state index contributed by atoms with van der Waals surface area (Å²) in [5.41, 5.74) is -1.10. The molecule has 0 aromatic carbocycles. The van der Waals surface area contributed by atoms with Gasteiger partial charge in [0.05, 0.1) is 12.1 Å². The maximum absolute atomic E-state index is 14.0. The molecular formula is C32H55BN6O6. The number of piperidine rings is 1. The molecular weight excluding hydrogens is 575 g/mol. The second-order valence-corrected chi connectivity index (χ2v) is 16.1.